The fourth-order valence-corrected chi connectivity index (χ4v) is 6.42. The first-order valence-corrected chi connectivity index (χ1v) is 14.5. The minimum atomic E-state index is -1.23. The fourth-order valence-electron chi connectivity index (χ4n) is 4.84. The van der Waals surface area contributed by atoms with Gasteiger partial charge in [-0.25, -0.2) is 14.0 Å². The first-order chi connectivity index (χ1) is 19.5. The van der Waals surface area contributed by atoms with Crippen LogP contribution in [0.2, 0.25) is 0 Å². The van der Waals surface area contributed by atoms with Crippen LogP contribution in [0.3, 0.4) is 0 Å². The van der Waals surface area contributed by atoms with Gasteiger partial charge in [0, 0.05) is 35.7 Å². The first-order valence-electron chi connectivity index (χ1n) is 13.7. The summed E-state index contributed by atoms with van der Waals surface area (Å²) in [4.78, 5) is 51.8. The third-order valence-corrected chi connectivity index (χ3v) is 8.64. The van der Waals surface area contributed by atoms with Crippen molar-refractivity contribution in [3.63, 3.8) is 0 Å². The lowest BCUT2D eigenvalue weighted by Gasteiger charge is -2.46. The van der Waals surface area contributed by atoms with E-state index < -0.39 is 48.2 Å². The van der Waals surface area contributed by atoms with Gasteiger partial charge in [0.2, 0.25) is 12.7 Å². The molecular weight excluding hydrogens is 571 g/mol. The van der Waals surface area contributed by atoms with E-state index >= 15 is 0 Å². The maximum Gasteiger partial charge on any atom is 0.358 e. The van der Waals surface area contributed by atoms with Crippen molar-refractivity contribution in [1.29, 1.82) is 0 Å². The van der Waals surface area contributed by atoms with Crippen molar-refractivity contribution in [2.24, 2.45) is 17.3 Å². The number of hydrogen-bond acceptors (Lipinski definition) is 10. The minimum absolute atomic E-state index is 0.141. The number of carboxylic acid groups (broad SMARTS) is 1. The summed E-state index contributed by atoms with van der Waals surface area (Å²) in [5.74, 6) is -3.68. The van der Waals surface area contributed by atoms with E-state index in [2.05, 4.69) is 4.90 Å². The van der Waals surface area contributed by atoms with Gasteiger partial charge < -0.3 is 29.7 Å². The van der Waals surface area contributed by atoms with Gasteiger partial charge in [-0.15, -0.1) is 11.8 Å². The van der Waals surface area contributed by atoms with Crippen LogP contribution in [0, 0.1) is 23.1 Å². The number of aliphatic hydroxyl groups excluding tert-OH is 2. The molecule has 0 radical (unpaired) electrons. The molecule has 3 aliphatic heterocycles. The molecular formula is C29H39FN2O9S. The van der Waals surface area contributed by atoms with Gasteiger partial charge in [0.1, 0.15) is 17.6 Å². The fraction of sp³-hybridized carbons (Fsp3) is 0.586. The molecule has 0 aromatic heterocycles. The monoisotopic (exact) mass is 610 g/mol. The van der Waals surface area contributed by atoms with Crippen molar-refractivity contribution in [2.45, 2.75) is 71.6 Å². The number of halogens is 1. The number of carbonyl (C=O) groups is 4. The quantitative estimate of drug-likeness (QED) is 0.215. The summed E-state index contributed by atoms with van der Waals surface area (Å²) in [6.45, 7) is 11.6. The van der Waals surface area contributed by atoms with Crippen LogP contribution in [-0.2, 0) is 35.2 Å². The average Bonchev–Trinajstić information content (AvgIpc) is 3.11. The molecule has 0 saturated carbocycles. The molecule has 1 aromatic rings. The van der Waals surface area contributed by atoms with E-state index in [9.17, 15) is 28.7 Å². The lowest BCUT2D eigenvalue weighted by molar-refractivity contribution is -0.175. The Morgan fingerprint density at radius 1 is 1.10 bits per heavy atom. The van der Waals surface area contributed by atoms with Crippen LogP contribution in [0.25, 0.3) is 0 Å². The van der Waals surface area contributed by atoms with Crippen LogP contribution in [-0.4, -0.2) is 92.3 Å². The van der Waals surface area contributed by atoms with E-state index in [0.717, 1.165) is 23.6 Å². The SMILES string of the molecule is CC(O)C(=O)O.C[C@@H](O)[C@H]1C(=O)N2C(C(=O)OCOC(=O)C(C)(C)C)=C(SC3CN(Cc4ccc(F)cc4)C3)[C@H](C)[C@H]12. The lowest BCUT2D eigenvalue weighted by Crippen LogP contribution is -2.63. The third-order valence-electron chi connectivity index (χ3n) is 7.19. The number of likely N-dealkylation sites (tertiary alicyclic amines) is 1. The number of benzene rings is 1. The van der Waals surface area contributed by atoms with E-state index in [1.165, 1.54) is 24.0 Å². The lowest BCUT2D eigenvalue weighted by atomic mass is 9.79. The highest BCUT2D eigenvalue weighted by molar-refractivity contribution is 8.03. The number of aliphatic carboxylic acids is 1. The maximum absolute atomic E-state index is 13.2. The summed E-state index contributed by atoms with van der Waals surface area (Å²) in [6, 6.07) is 6.12. The van der Waals surface area contributed by atoms with Crippen molar-refractivity contribution in [1.82, 2.24) is 9.80 Å². The molecule has 0 aliphatic carbocycles. The zero-order chi connectivity index (χ0) is 31.5. The predicted molar refractivity (Wildman–Crippen MR) is 151 cm³/mol. The second-order valence-corrected chi connectivity index (χ2v) is 13.1. The summed E-state index contributed by atoms with van der Waals surface area (Å²) in [5, 5.41) is 26.1. The second kappa shape index (κ2) is 13.5. The Kier molecular flexibility index (Phi) is 10.8. The molecule has 232 valence electrons. The number of rotatable bonds is 9. The van der Waals surface area contributed by atoms with Crippen LogP contribution in [0.1, 0.15) is 47.1 Å². The van der Waals surface area contributed by atoms with Crippen LogP contribution in [0.15, 0.2) is 34.9 Å². The molecule has 5 atom stereocenters. The second-order valence-electron chi connectivity index (χ2n) is 11.8. The van der Waals surface area contributed by atoms with Crippen LogP contribution in [0.4, 0.5) is 4.39 Å². The Bertz CT molecular complexity index is 1210. The highest BCUT2D eigenvalue weighted by Crippen LogP contribution is 2.52. The molecule has 0 bridgehead atoms. The molecule has 2 fully saturated rings. The molecule has 1 unspecified atom stereocenters. The third kappa shape index (κ3) is 7.68. The normalized spacial score (nSPS) is 23.6. The largest absolute Gasteiger partial charge is 0.479 e. The van der Waals surface area contributed by atoms with Gasteiger partial charge in [0.15, 0.2) is 0 Å². The topological polar surface area (TPSA) is 154 Å². The molecule has 3 heterocycles. The van der Waals surface area contributed by atoms with Gasteiger partial charge in [0.25, 0.3) is 0 Å². The summed E-state index contributed by atoms with van der Waals surface area (Å²) < 4.78 is 23.5. The Balaban J connectivity index is 0.000000730. The Morgan fingerprint density at radius 2 is 1.67 bits per heavy atom. The van der Waals surface area contributed by atoms with Crippen molar-refractivity contribution in [2.75, 3.05) is 19.9 Å². The van der Waals surface area contributed by atoms with Crippen molar-refractivity contribution in [3.05, 3.63) is 46.2 Å². The number of β-lactam (4-membered cyclic amide) rings is 1. The van der Waals surface area contributed by atoms with E-state index in [-0.39, 0.29) is 34.6 Å². The van der Waals surface area contributed by atoms with Crippen LogP contribution in [0.5, 0.6) is 0 Å². The Morgan fingerprint density at radius 3 is 2.17 bits per heavy atom. The molecule has 3 aliphatic rings. The zero-order valence-electron chi connectivity index (χ0n) is 24.6. The number of esters is 2. The molecule has 1 amide bonds. The highest BCUT2D eigenvalue weighted by Gasteiger charge is 2.60. The summed E-state index contributed by atoms with van der Waals surface area (Å²) >= 11 is 1.56. The van der Waals surface area contributed by atoms with Gasteiger partial charge in [-0.3, -0.25) is 14.5 Å². The first kappa shape index (κ1) is 33.5. The molecule has 13 heteroatoms. The van der Waals surface area contributed by atoms with Gasteiger partial charge >= 0.3 is 17.9 Å². The number of fused-ring (bicyclic) bond motifs is 1. The molecule has 11 nitrogen and oxygen atoms in total. The maximum atomic E-state index is 13.2. The molecule has 42 heavy (non-hydrogen) atoms. The number of ether oxygens (including phenoxy) is 2. The highest BCUT2D eigenvalue weighted by atomic mass is 32.2. The van der Waals surface area contributed by atoms with Gasteiger partial charge in [0.05, 0.1) is 23.5 Å². The Labute approximate surface area is 248 Å². The summed E-state index contributed by atoms with van der Waals surface area (Å²) in [5.41, 5.74) is 0.474. The number of carboxylic acids is 1. The van der Waals surface area contributed by atoms with E-state index in [1.807, 2.05) is 6.92 Å². The van der Waals surface area contributed by atoms with Gasteiger partial charge in [-0.2, -0.15) is 0 Å². The smallest absolute Gasteiger partial charge is 0.358 e. The van der Waals surface area contributed by atoms with E-state index in [1.54, 1.807) is 51.6 Å². The van der Waals surface area contributed by atoms with E-state index in [4.69, 9.17) is 19.7 Å². The molecule has 0 spiro atoms. The number of carbonyl (C=O) groups excluding carboxylic acids is 3. The van der Waals surface area contributed by atoms with Crippen molar-refractivity contribution < 1.29 is 48.4 Å². The minimum Gasteiger partial charge on any atom is -0.479 e. The molecule has 1 aromatic carbocycles. The summed E-state index contributed by atoms with van der Waals surface area (Å²) in [7, 11) is 0. The Hall–Kier alpha value is -3.00. The van der Waals surface area contributed by atoms with Gasteiger partial charge in [-0.05, 0) is 52.3 Å². The number of thioether (sulfide) groups is 1. The van der Waals surface area contributed by atoms with Crippen molar-refractivity contribution >= 4 is 35.6 Å². The number of hydrogen-bond donors (Lipinski definition) is 3. The molecule has 4 rings (SSSR count). The standard InChI is InChI=1S/C26H33FN2O6S.C3H6O3/c1-14-20-19(15(2)30)23(31)29(20)21(24(32)34-13-35-25(33)26(3,4)5)22(14)36-18-11-28(12-18)10-16-6-8-17(27)9-7-16;1-2(4)3(5)6/h6-9,14-15,18-20,30H,10-13H2,1-5H3;2,4H,1H3,(H,5,6)/t14-,15-,19-,20-;/m1./s1. The number of amides is 1. The number of nitrogens with zero attached hydrogens (tertiary/aromatic N) is 2. The average molecular weight is 611 g/mol. The number of aliphatic hydroxyl groups is 2. The van der Waals surface area contributed by atoms with Crippen molar-refractivity contribution in [3.8, 4) is 0 Å². The zero-order valence-corrected chi connectivity index (χ0v) is 25.4. The van der Waals surface area contributed by atoms with Gasteiger partial charge in [-0.1, -0.05) is 19.1 Å². The predicted octanol–water partition coefficient (Wildman–Crippen LogP) is 2.35. The molecule has 3 N–H and O–H groups in total. The molecule has 2 saturated heterocycles. The van der Waals surface area contributed by atoms with Crippen LogP contribution >= 0.6 is 11.8 Å². The summed E-state index contributed by atoms with van der Waals surface area (Å²) in [6.07, 6.45) is -2.06. The van der Waals surface area contributed by atoms with Crippen LogP contribution < -0.4 is 0 Å². The van der Waals surface area contributed by atoms with E-state index in [0.29, 0.717) is 6.54 Å².